The molecule has 1 fully saturated rings. The third-order valence-corrected chi connectivity index (χ3v) is 5.52. The Morgan fingerprint density at radius 3 is 2.68 bits per heavy atom. The number of hydrogen-bond donors (Lipinski definition) is 0. The van der Waals surface area contributed by atoms with Crippen LogP contribution in [-0.4, -0.2) is 46.9 Å². The van der Waals surface area contributed by atoms with E-state index in [4.69, 9.17) is 0 Å². The number of hydrogen-bond acceptors (Lipinski definition) is 3. The maximum Gasteiger partial charge on any atom is 0.254 e. The molecule has 0 N–H and O–H groups in total. The molecule has 4 heteroatoms. The second-order valence-electron chi connectivity index (χ2n) is 7.02. The summed E-state index contributed by atoms with van der Waals surface area (Å²) in [7, 11) is 0. The van der Waals surface area contributed by atoms with Gasteiger partial charge in [0.1, 0.15) is 0 Å². The third kappa shape index (κ3) is 3.45. The number of benzene rings is 1. The van der Waals surface area contributed by atoms with Gasteiger partial charge in [0, 0.05) is 50.2 Å². The number of nitrogens with zero attached hydrogens (tertiary/aromatic N) is 3. The van der Waals surface area contributed by atoms with Gasteiger partial charge >= 0.3 is 0 Å². The molecule has 1 aliphatic carbocycles. The highest BCUT2D eigenvalue weighted by Gasteiger charge is 2.28. The molecular formula is C21H25N3O. The SMILES string of the molecule is O=C(c1ccncc1)N1CCCN([C@H]2CCCc3ccccc32)CC1. The van der Waals surface area contributed by atoms with E-state index < -0.39 is 0 Å². The van der Waals surface area contributed by atoms with Crippen molar-refractivity contribution < 1.29 is 4.79 Å². The number of aryl methyl sites for hydroxylation is 1. The summed E-state index contributed by atoms with van der Waals surface area (Å²) >= 11 is 0. The smallest absolute Gasteiger partial charge is 0.254 e. The highest BCUT2D eigenvalue weighted by Crippen LogP contribution is 2.34. The van der Waals surface area contributed by atoms with Crippen molar-refractivity contribution in [1.29, 1.82) is 0 Å². The quantitative estimate of drug-likeness (QED) is 0.845. The van der Waals surface area contributed by atoms with Crippen molar-refractivity contribution in [2.24, 2.45) is 0 Å². The van der Waals surface area contributed by atoms with Gasteiger partial charge in [-0.25, -0.2) is 0 Å². The lowest BCUT2D eigenvalue weighted by Gasteiger charge is -2.35. The van der Waals surface area contributed by atoms with Crippen LogP contribution in [0.25, 0.3) is 0 Å². The van der Waals surface area contributed by atoms with Crippen LogP contribution in [0.4, 0.5) is 0 Å². The highest BCUT2D eigenvalue weighted by atomic mass is 16.2. The third-order valence-electron chi connectivity index (χ3n) is 5.52. The molecule has 1 aliphatic heterocycles. The predicted octanol–water partition coefficient (Wildman–Crippen LogP) is 3.31. The van der Waals surface area contributed by atoms with Crippen LogP contribution in [-0.2, 0) is 6.42 Å². The Morgan fingerprint density at radius 1 is 0.960 bits per heavy atom. The zero-order valence-corrected chi connectivity index (χ0v) is 14.6. The lowest BCUT2D eigenvalue weighted by Crippen LogP contribution is -2.37. The summed E-state index contributed by atoms with van der Waals surface area (Å²) in [5.74, 6) is 0.133. The second kappa shape index (κ2) is 7.36. The van der Waals surface area contributed by atoms with Crippen LogP contribution in [0.1, 0.15) is 46.8 Å². The van der Waals surface area contributed by atoms with E-state index in [-0.39, 0.29) is 5.91 Å². The molecule has 130 valence electrons. The molecule has 0 unspecified atom stereocenters. The Hall–Kier alpha value is -2.20. The Labute approximate surface area is 149 Å². The standard InChI is InChI=1S/C21H25N3O/c25-21(18-9-11-22-12-10-18)24-14-4-13-23(15-16-24)20-8-3-6-17-5-1-2-7-19(17)20/h1-2,5,7,9-12,20H,3-4,6,8,13-16H2/t20-/m0/s1. The fourth-order valence-electron chi connectivity index (χ4n) is 4.24. The summed E-state index contributed by atoms with van der Waals surface area (Å²) < 4.78 is 0. The molecule has 2 heterocycles. The van der Waals surface area contributed by atoms with E-state index in [0.717, 1.165) is 38.2 Å². The van der Waals surface area contributed by atoms with Gasteiger partial charge in [-0.15, -0.1) is 0 Å². The van der Waals surface area contributed by atoms with E-state index in [1.807, 2.05) is 17.0 Å². The molecule has 4 nitrogen and oxygen atoms in total. The minimum Gasteiger partial charge on any atom is -0.337 e. The van der Waals surface area contributed by atoms with Gasteiger partial charge in [-0.3, -0.25) is 14.7 Å². The first-order valence-electron chi connectivity index (χ1n) is 9.34. The van der Waals surface area contributed by atoms with Crippen LogP contribution in [0.15, 0.2) is 48.8 Å². The van der Waals surface area contributed by atoms with Gasteiger partial charge < -0.3 is 4.90 Å². The summed E-state index contributed by atoms with van der Waals surface area (Å²) in [4.78, 5) is 21.3. The zero-order chi connectivity index (χ0) is 17.1. The molecule has 0 spiro atoms. The molecule has 1 aromatic heterocycles. The van der Waals surface area contributed by atoms with Crippen molar-refractivity contribution in [2.75, 3.05) is 26.2 Å². The molecule has 4 rings (SSSR count). The van der Waals surface area contributed by atoms with E-state index in [2.05, 4.69) is 34.1 Å². The summed E-state index contributed by atoms with van der Waals surface area (Å²) in [5.41, 5.74) is 3.75. The first-order valence-corrected chi connectivity index (χ1v) is 9.34. The fourth-order valence-corrected chi connectivity index (χ4v) is 4.24. The molecule has 0 bridgehead atoms. The van der Waals surface area contributed by atoms with Gasteiger partial charge in [0.25, 0.3) is 5.91 Å². The minimum atomic E-state index is 0.133. The number of amides is 1. The molecule has 2 aliphatic rings. The minimum absolute atomic E-state index is 0.133. The molecule has 0 saturated carbocycles. The van der Waals surface area contributed by atoms with Crippen LogP contribution >= 0.6 is 0 Å². The van der Waals surface area contributed by atoms with E-state index in [0.29, 0.717) is 6.04 Å². The fraction of sp³-hybridized carbons (Fsp3) is 0.429. The van der Waals surface area contributed by atoms with E-state index in [1.54, 1.807) is 12.4 Å². The van der Waals surface area contributed by atoms with Crippen LogP contribution < -0.4 is 0 Å². The van der Waals surface area contributed by atoms with E-state index >= 15 is 0 Å². The normalized spacial score (nSPS) is 21.4. The van der Waals surface area contributed by atoms with Gasteiger partial charge in [0.05, 0.1) is 0 Å². The Balaban J connectivity index is 1.46. The number of rotatable bonds is 2. The van der Waals surface area contributed by atoms with Crippen molar-refractivity contribution >= 4 is 5.91 Å². The maximum absolute atomic E-state index is 12.7. The molecular weight excluding hydrogens is 310 g/mol. The van der Waals surface area contributed by atoms with Gasteiger partial charge in [0.15, 0.2) is 0 Å². The van der Waals surface area contributed by atoms with E-state index in [1.165, 1.54) is 30.4 Å². The highest BCUT2D eigenvalue weighted by molar-refractivity contribution is 5.94. The molecule has 1 aromatic carbocycles. The van der Waals surface area contributed by atoms with Crippen molar-refractivity contribution in [1.82, 2.24) is 14.8 Å². The van der Waals surface area contributed by atoms with Crippen molar-refractivity contribution in [3.05, 3.63) is 65.5 Å². The molecule has 1 saturated heterocycles. The summed E-state index contributed by atoms with van der Waals surface area (Å²) in [6.07, 6.45) is 8.11. The molecule has 25 heavy (non-hydrogen) atoms. The summed E-state index contributed by atoms with van der Waals surface area (Å²) in [6, 6.07) is 13.0. The number of pyridine rings is 1. The Bertz CT molecular complexity index is 731. The average molecular weight is 335 g/mol. The van der Waals surface area contributed by atoms with Gasteiger partial charge in [-0.2, -0.15) is 0 Å². The van der Waals surface area contributed by atoms with E-state index in [9.17, 15) is 4.79 Å². The average Bonchev–Trinajstić information content (AvgIpc) is 2.94. The van der Waals surface area contributed by atoms with Gasteiger partial charge in [0.2, 0.25) is 0 Å². The van der Waals surface area contributed by atoms with Crippen molar-refractivity contribution in [3.8, 4) is 0 Å². The predicted molar refractivity (Wildman–Crippen MR) is 98.5 cm³/mol. The van der Waals surface area contributed by atoms with Crippen molar-refractivity contribution in [3.63, 3.8) is 0 Å². The van der Waals surface area contributed by atoms with Crippen LogP contribution in [0.5, 0.6) is 0 Å². The zero-order valence-electron chi connectivity index (χ0n) is 14.6. The number of aromatic nitrogens is 1. The maximum atomic E-state index is 12.7. The van der Waals surface area contributed by atoms with Crippen LogP contribution in [0.2, 0.25) is 0 Å². The van der Waals surface area contributed by atoms with Gasteiger partial charge in [-0.05, 0) is 48.9 Å². The van der Waals surface area contributed by atoms with Crippen LogP contribution in [0, 0.1) is 0 Å². The first kappa shape index (κ1) is 16.3. The first-order chi connectivity index (χ1) is 12.3. The lowest BCUT2D eigenvalue weighted by atomic mass is 9.87. The second-order valence-corrected chi connectivity index (χ2v) is 7.02. The monoisotopic (exact) mass is 335 g/mol. The van der Waals surface area contributed by atoms with Gasteiger partial charge in [-0.1, -0.05) is 24.3 Å². The molecule has 0 radical (unpaired) electrons. The largest absolute Gasteiger partial charge is 0.337 e. The van der Waals surface area contributed by atoms with Crippen LogP contribution in [0.3, 0.4) is 0 Å². The number of fused-ring (bicyclic) bond motifs is 1. The lowest BCUT2D eigenvalue weighted by molar-refractivity contribution is 0.0756. The Kier molecular flexibility index (Phi) is 4.79. The number of carbonyl (C=O) groups excluding carboxylic acids is 1. The Morgan fingerprint density at radius 2 is 1.80 bits per heavy atom. The number of carbonyl (C=O) groups is 1. The van der Waals surface area contributed by atoms with Crippen molar-refractivity contribution in [2.45, 2.75) is 31.7 Å². The topological polar surface area (TPSA) is 36.4 Å². The molecule has 2 aromatic rings. The summed E-state index contributed by atoms with van der Waals surface area (Å²) in [5, 5.41) is 0. The summed E-state index contributed by atoms with van der Waals surface area (Å²) in [6.45, 7) is 3.67. The molecule has 1 atom stereocenters. The molecule has 1 amide bonds.